The third-order valence-electron chi connectivity index (χ3n) is 2.88. The summed E-state index contributed by atoms with van der Waals surface area (Å²) < 4.78 is 18.0. The zero-order chi connectivity index (χ0) is 15.2. The number of phenols is 1. The van der Waals surface area contributed by atoms with Crippen LogP contribution < -0.4 is 0 Å². The van der Waals surface area contributed by atoms with E-state index in [9.17, 15) is 14.3 Å². The van der Waals surface area contributed by atoms with Crippen LogP contribution in [0.4, 0.5) is 4.39 Å². The van der Waals surface area contributed by atoms with Crippen LogP contribution in [0.15, 0.2) is 54.6 Å². The molecular formula is C17H15FO3. The fourth-order valence-corrected chi connectivity index (χ4v) is 1.91. The summed E-state index contributed by atoms with van der Waals surface area (Å²) in [5, 5.41) is 9.35. The Balaban J connectivity index is 2.46. The lowest BCUT2D eigenvalue weighted by Gasteiger charge is -2.09. The number of benzene rings is 2. The molecule has 2 rings (SSSR count). The van der Waals surface area contributed by atoms with Gasteiger partial charge in [0, 0.05) is 6.08 Å². The molecule has 0 bridgehead atoms. The van der Waals surface area contributed by atoms with Crippen molar-refractivity contribution in [2.24, 2.45) is 0 Å². The Labute approximate surface area is 122 Å². The minimum Gasteiger partial charge on any atom is -0.508 e. The molecule has 3 nitrogen and oxygen atoms in total. The number of hydrogen-bond donors (Lipinski definition) is 1. The van der Waals surface area contributed by atoms with Gasteiger partial charge in [-0.3, -0.25) is 0 Å². The van der Waals surface area contributed by atoms with Gasteiger partial charge in [-0.1, -0.05) is 24.3 Å². The Morgan fingerprint density at radius 3 is 2.14 bits per heavy atom. The summed E-state index contributed by atoms with van der Waals surface area (Å²) in [5.41, 5.74) is 2.02. The summed E-state index contributed by atoms with van der Waals surface area (Å²) in [5.74, 6) is -0.682. The van der Waals surface area contributed by atoms with E-state index in [1.807, 2.05) is 0 Å². The van der Waals surface area contributed by atoms with E-state index in [1.165, 1.54) is 30.3 Å². The maximum atomic E-state index is 13.0. The summed E-state index contributed by atoms with van der Waals surface area (Å²) in [4.78, 5) is 11.7. The van der Waals surface area contributed by atoms with Gasteiger partial charge in [-0.25, -0.2) is 9.18 Å². The van der Waals surface area contributed by atoms with Crippen molar-refractivity contribution in [3.05, 3.63) is 71.6 Å². The predicted molar refractivity (Wildman–Crippen MR) is 78.2 cm³/mol. The molecule has 0 fully saturated rings. The molecule has 0 aliphatic carbocycles. The van der Waals surface area contributed by atoms with Crippen LogP contribution in [-0.2, 0) is 9.53 Å². The van der Waals surface area contributed by atoms with Crippen LogP contribution in [-0.4, -0.2) is 17.7 Å². The molecule has 0 spiro atoms. The average Bonchev–Trinajstić information content (AvgIpc) is 2.47. The fraction of sp³-hybridized carbons (Fsp3) is 0.118. The molecule has 0 saturated heterocycles. The largest absolute Gasteiger partial charge is 0.508 e. The van der Waals surface area contributed by atoms with Gasteiger partial charge in [0.25, 0.3) is 0 Å². The monoisotopic (exact) mass is 286 g/mol. The first-order valence-electron chi connectivity index (χ1n) is 6.54. The second kappa shape index (κ2) is 6.70. The van der Waals surface area contributed by atoms with E-state index in [0.717, 1.165) is 5.56 Å². The normalized spacial score (nSPS) is 11.2. The van der Waals surface area contributed by atoms with Crippen molar-refractivity contribution >= 4 is 11.5 Å². The Hall–Kier alpha value is -2.62. The first-order valence-corrected chi connectivity index (χ1v) is 6.54. The van der Waals surface area contributed by atoms with Crippen molar-refractivity contribution in [1.82, 2.24) is 0 Å². The second-order valence-corrected chi connectivity index (χ2v) is 4.36. The molecule has 4 heteroatoms. The molecule has 108 valence electrons. The number of phenolic OH excluding ortho intramolecular Hbond substituents is 1. The van der Waals surface area contributed by atoms with Crippen LogP contribution in [0.3, 0.4) is 0 Å². The standard InChI is InChI=1S/C17H15FO3/c1-2-21-17(20)11-16(12-3-7-14(18)8-4-12)13-5-9-15(19)10-6-13/h3-11,19H,2H2,1H3. The molecular weight excluding hydrogens is 271 g/mol. The SMILES string of the molecule is CCOC(=O)C=C(c1ccc(O)cc1)c1ccc(F)cc1. The summed E-state index contributed by atoms with van der Waals surface area (Å²) in [6.07, 6.45) is 1.36. The molecule has 0 heterocycles. The Morgan fingerprint density at radius 2 is 1.62 bits per heavy atom. The predicted octanol–water partition coefficient (Wildman–Crippen LogP) is 3.53. The first-order chi connectivity index (χ1) is 10.1. The van der Waals surface area contributed by atoms with Crippen molar-refractivity contribution in [2.75, 3.05) is 6.61 Å². The van der Waals surface area contributed by atoms with Gasteiger partial charge in [-0.05, 0) is 47.9 Å². The van der Waals surface area contributed by atoms with E-state index in [1.54, 1.807) is 31.2 Å². The molecule has 0 amide bonds. The molecule has 21 heavy (non-hydrogen) atoms. The zero-order valence-corrected chi connectivity index (χ0v) is 11.5. The van der Waals surface area contributed by atoms with Gasteiger partial charge >= 0.3 is 5.97 Å². The van der Waals surface area contributed by atoms with Crippen LogP contribution in [0, 0.1) is 5.82 Å². The van der Waals surface area contributed by atoms with Gasteiger partial charge in [0.05, 0.1) is 6.61 Å². The highest BCUT2D eigenvalue weighted by atomic mass is 19.1. The molecule has 0 atom stereocenters. The van der Waals surface area contributed by atoms with Gasteiger partial charge in [-0.15, -0.1) is 0 Å². The van der Waals surface area contributed by atoms with Crippen LogP contribution in [0.1, 0.15) is 18.1 Å². The molecule has 2 aromatic rings. The number of ether oxygens (including phenoxy) is 1. The van der Waals surface area contributed by atoms with Crippen LogP contribution in [0.5, 0.6) is 5.75 Å². The zero-order valence-electron chi connectivity index (χ0n) is 11.5. The number of rotatable bonds is 4. The average molecular weight is 286 g/mol. The lowest BCUT2D eigenvalue weighted by Crippen LogP contribution is -2.01. The van der Waals surface area contributed by atoms with E-state index in [0.29, 0.717) is 11.1 Å². The van der Waals surface area contributed by atoms with Crippen molar-refractivity contribution in [1.29, 1.82) is 0 Å². The summed E-state index contributed by atoms with van der Waals surface area (Å²) in [6, 6.07) is 12.3. The van der Waals surface area contributed by atoms with Gasteiger partial charge in [0.1, 0.15) is 11.6 Å². The fourth-order valence-electron chi connectivity index (χ4n) is 1.91. The van der Waals surface area contributed by atoms with E-state index in [4.69, 9.17) is 4.74 Å². The van der Waals surface area contributed by atoms with E-state index < -0.39 is 5.97 Å². The Bertz CT molecular complexity index is 595. The van der Waals surface area contributed by atoms with Crippen molar-refractivity contribution < 1.29 is 19.0 Å². The van der Waals surface area contributed by atoms with E-state index in [2.05, 4.69) is 0 Å². The van der Waals surface area contributed by atoms with Gasteiger partial charge in [-0.2, -0.15) is 0 Å². The number of carbonyl (C=O) groups is 1. The van der Waals surface area contributed by atoms with Crippen LogP contribution >= 0.6 is 0 Å². The molecule has 0 unspecified atom stereocenters. The summed E-state index contributed by atoms with van der Waals surface area (Å²) >= 11 is 0. The van der Waals surface area contributed by atoms with Gasteiger partial charge < -0.3 is 9.84 Å². The molecule has 0 radical (unpaired) electrons. The number of aromatic hydroxyl groups is 1. The lowest BCUT2D eigenvalue weighted by atomic mass is 9.97. The quantitative estimate of drug-likeness (QED) is 0.691. The van der Waals surface area contributed by atoms with Crippen LogP contribution in [0.2, 0.25) is 0 Å². The van der Waals surface area contributed by atoms with E-state index >= 15 is 0 Å². The number of hydrogen-bond acceptors (Lipinski definition) is 3. The molecule has 0 saturated carbocycles. The smallest absolute Gasteiger partial charge is 0.331 e. The highest BCUT2D eigenvalue weighted by Gasteiger charge is 2.09. The van der Waals surface area contributed by atoms with Crippen molar-refractivity contribution in [3.63, 3.8) is 0 Å². The van der Waals surface area contributed by atoms with Crippen molar-refractivity contribution in [3.8, 4) is 5.75 Å². The number of carbonyl (C=O) groups excluding carboxylic acids is 1. The molecule has 1 N–H and O–H groups in total. The minimum absolute atomic E-state index is 0.133. The maximum Gasteiger partial charge on any atom is 0.331 e. The second-order valence-electron chi connectivity index (χ2n) is 4.36. The third-order valence-corrected chi connectivity index (χ3v) is 2.88. The van der Waals surface area contributed by atoms with Crippen LogP contribution in [0.25, 0.3) is 5.57 Å². The first kappa shape index (κ1) is 14.8. The summed E-state index contributed by atoms with van der Waals surface area (Å²) in [6.45, 7) is 2.01. The Kier molecular flexibility index (Phi) is 4.72. The molecule has 0 aliphatic heterocycles. The summed E-state index contributed by atoms with van der Waals surface area (Å²) in [7, 11) is 0. The van der Waals surface area contributed by atoms with Crippen molar-refractivity contribution in [2.45, 2.75) is 6.92 Å². The lowest BCUT2D eigenvalue weighted by molar-refractivity contribution is -0.137. The highest BCUT2D eigenvalue weighted by Crippen LogP contribution is 2.25. The Morgan fingerprint density at radius 1 is 1.10 bits per heavy atom. The number of halogens is 1. The molecule has 0 aromatic heterocycles. The van der Waals surface area contributed by atoms with Gasteiger partial charge in [0.2, 0.25) is 0 Å². The highest BCUT2D eigenvalue weighted by molar-refractivity contribution is 5.96. The third kappa shape index (κ3) is 3.92. The minimum atomic E-state index is -0.468. The topological polar surface area (TPSA) is 46.5 Å². The van der Waals surface area contributed by atoms with E-state index in [-0.39, 0.29) is 18.2 Å². The number of esters is 1. The maximum absolute atomic E-state index is 13.0. The van der Waals surface area contributed by atoms with Gasteiger partial charge in [0.15, 0.2) is 0 Å². The molecule has 0 aliphatic rings. The molecule has 2 aromatic carbocycles.